The molecule has 1 aliphatic heterocycles. The van der Waals surface area contributed by atoms with Crippen molar-refractivity contribution < 1.29 is 4.79 Å². The topological polar surface area (TPSA) is 71.0 Å². The Bertz CT molecular complexity index is 1100. The summed E-state index contributed by atoms with van der Waals surface area (Å²) in [4.78, 5) is 29.8. The van der Waals surface area contributed by atoms with Crippen LogP contribution in [0.5, 0.6) is 0 Å². The maximum Gasteiger partial charge on any atom is 0.274 e. The second-order valence-electron chi connectivity index (χ2n) is 8.07. The van der Waals surface area contributed by atoms with E-state index < -0.39 is 0 Å². The van der Waals surface area contributed by atoms with Gasteiger partial charge < -0.3 is 10.2 Å². The van der Waals surface area contributed by atoms with Crippen molar-refractivity contribution in [2.75, 3.05) is 18.4 Å². The standard InChI is InChI=1S/C22H22BrN5OS/c1-12-4-3-5-14(6-12)20-19(27-13(2)30-20)21(29)28-11-15-7-17(15)18(28)10-26-22-24-8-16(23)9-25-22/h3-6,8-9,15,17-18H,7,10-11H2,1-2H3,(H,24,25,26). The minimum atomic E-state index is 0.0339. The van der Waals surface area contributed by atoms with Crippen molar-refractivity contribution in [3.05, 3.63) is 57.4 Å². The van der Waals surface area contributed by atoms with Crippen LogP contribution in [0, 0.1) is 25.7 Å². The number of carbonyl (C=O) groups excluding carboxylic acids is 1. The highest BCUT2D eigenvalue weighted by atomic mass is 79.9. The summed E-state index contributed by atoms with van der Waals surface area (Å²) >= 11 is 4.94. The van der Waals surface area contributed by atoms with E-state index in [1.807, 2.05) is 17.9 Å². The normalized spacial score (nSPS) is 22.1. The molecule has 3 unspecified atom stereocenters. The molecule has 5 rings (SSSR count). The fourth-order valence-electron chi connectivity index (χ4n) is 4.36. The number of likely N-dealkylation sites (tertiary alicyclic amines) is 1. The van der Waals surface area contributed by atoms with Gasteiger partial charge in [-0.25, -0.2) is 15.0 Å². The third-order valence-electron chi connectivity index (χ3n) is 5.87. The van der Waals surface area contributed by atoms with Crippen LogP contribution >= 0.6 is 27.3 Å². The average molecular weight is 484 g/mol. The van der Waals surface area contributed by atoms with E-state index in [-0.39, 0.29) is 11.9 Å². The molecule has 3 aromatic rings. The van der Waals surface area contributed by atoms with E-state index in [2.05, 4.69) is 61.3 Å². The Morgan fingerprint density at radius 2 is 2.10 bits per heavy atom. The first-order chi connectivity index (χ1) is 14.5. The summed E-state index contributed by atoms with van der Waals surface area (Å²) in [5.74, 6) is 1.78. The highest BCUT2D eigenvalue weighted by Crippen LogP contribution is 2.50. The van der Waals surface area contributed by atoms with Gasteiger partial charge in [0.25, 0.3) is 5.91 Å². The molecule has 0 spiro atoms. The van der Waals surface area contributed by atoms with Crippen molar-refractivity contribution in [3.8, 4) is 10.4 Å². The molecule has 2 fully saturated rings. The maximum atomic E-state index is 13.6. The minimum Gasteiger partial charge on any atom is -0.352 e. The molecule has 1 aliphatic carbocycles. The molecule has 3 heterocycles. The molecule has 1 N–H and O–H groups in total. The Morgan fingerprint density at radius 1 is 1.30 bits per heavy atom. The zero-order valence-corrected chi connectivity index (χ0v) is 19.2. The molecule has 3 atom stereocenters. The quantitative estimate of drug-likeness (QED) is 0.576. The Balaban J connectivity index is 1.38. The Labute approximate surface area is 187 Å². The van der Waals surface area contributed by atoms with Gasteiger partial charge in [0.15, 0.2) is 0 Å². The van der Waals surface area contributed by atoms with Crippen molar-refractivity contribution in [2.45, 2.75) is 26.3 Å². The Morgan fingerprint density at radius 3 is 2.87 bits per heavy atom. The second kappa shape index (κ2) is 7.74. The smallest absolute Gasteiger partial charge is 0.274 e. The summed E-state index contributed by atoms with van der Waals surface area (Å²) < 4.78 is 0.843. The second-order valence-corrected chi connectivity index (χ2v) is 10.2. The zero-order valence-electron chi connectivity index (χ0n) is 16.8. The molecule has 2 aliphatic rings. The number of piperidine rings is 1. The van der Waals surface area contributed by atoms with Gasteiger partial charge in [-0.05, 0) is 53.6 Å². The van der Waals surface area contributed by atoms with Crippen LogP contribution in [0.25, 0.3) is 10.4 Å². The molecule has 30 heavy (non-hydrogen) atoms. The summed E-state index contributed by atoms with van der Waals surface area (Å²) in [5, 5.41) is 4.23. The lowest BCUT2D eigenvalue weighted by atomic mass is 10.1. The molecule has 154 valence electrons. The number of anilines is 1. The lowest BCUT2D eigenvalue weighted by Gasteiger charge is -2.27. The number of aromatic nitrogens is 3. The Kier molecular flexibility index (Phi) is 5.06. The summed E-state index contributed by atoms with van der Waals surface area (Å²) in [5.41, 5.74) is 2.82. The van der Waals surface area contributed by atoms with Gasteiger partial charge in [-0.3, -0.25) is 4.79 Å². The number of rotatable bonds is 5. The van der Waals surface area contributed by atoms with Crippen molar-refractivity contribution in [1.29, 1.82) is 0 Å². The summed E-state index contributed by atoms with van der Waals surface area (Å²) in [6.07, 6.45) is 4.64. The summed E-state index contributed by atoms with van der Waals surface area (Å²) in [7, 11) is 0. The van der Waals surface area contributed by atoms with Gasteiger partial charge in [-0.2, -0.15) is 0 Å². The fraction of sp³-hybridized carbons (Fsp3) is 0.364. The van der Waals surface area contributed by atoms with Crippen molar-refractivity contribution in [1.82, 2.24) is 19.9 Å². The van der Waals surface area contributed by atoms with Crippen molar-refractivity contribution in [3.63, 3.8) is 0 Å². The van der Waals surface area contributed by atoms with Gasteiger partial charge in [-0.1, -0.05) is 29.8 Å². The number of amides is 1. The molecule has 1 amide bonds. The van der Waals surface area contributed by atoms with E-state index in [4.69, 9.17) is 0 Å². The molecular weight excluding hydrogens is 462 g/mol. The highest BCUT2D eigenvalue weighted by molar-refractivity contribution is 9.10. The SMILES string of the molecule is Cc1cccc(-c2sc(C)nc2C(=O)N2CC3CC3C2CNc2ncc(Br)cn2)c1. The van der Waals surface area contributed by atoms with Gasteiger partial charge in [-0.15, -0.1) is 11.3 Å². The van der Waals surface area contributed by atoms with E-state index in [0.717, 1.165) is 26.5 Å². The maximum absolute atomic E-state index is 13.6. The van der Waals surface area contributed by atoms with Crippen LogP contribution in [0.4, 0.5) is 5.95 Å². The van der Waals surface area contributed by atoms with E-state index in [0.29, 0.717) is 30.0 Å². The number of thiazole rings is 1. The third kappa shape index (κ3) is 3.74. The molecular formula is C22H22BrN5OS. The molecule has 1 saturated heterocycles. The molecule has 0 bridgehead atoms. The van der Waals surface area contributed by atoms with Crippen molar-refractivity contribution in [2.24, 2.45) is 11.8 Å². The summed E-state index contributed by atoms with van der Waals surface area (Å²) in [6, 6.07) is 8.42. The number of benzene rings is 1. The number of carbonyl (C=O) groups is 1. The third-order valence-corrected chi connectivity index (χ3v) is 7.30. The average Bonchev–Trinajstić information content (AvgIpc) is 3.24. The molecule has 1 saturated carbocycles. The first-order valence-corrected chi connectivity index (χ1v) is 11.7. The van der Waals surface area contributed by atoms with Gasteiger partial charge in [0.05, 0.1) is 20.4 Å². The number of hydrogen-bond donors (Lipinski definition) is 1. The number of fused-ring (bicyclic) bond motifs is 1. The van der Waals surface area contributed by atoms with E-state index in [9.17, 15) is 4.79 Å². The van der Waals surface area contributed by atoms with Crippen LogP contribution in [0.1, 0.15) is 27.5 Å². The van der Waals surface area contributed by atoms with E-state index >= 15 is 0 Å². The van der Waals surface area contributed by atoms with Crippen molar-refractivity contribution >= 4 is 39.1 Å². The molecule has 1 aromatic carbocycles. The lowest BCUT2D eigenvalue weighted by Crippen LogP contribution is -2.42. The largest absolute Gasteiger partial charge is 0.352 e. The Hall–Kier alpha value is -2.32. The van der Waals surface area contributed by atoms with Gasteiger partial charge >= 0.3 is 0 Å². The molecule has 0 radical (unpaired) electrons. The fourth-order valence-corrected chi connectivity index (χ4v) is 5.47. The number of nitrogens with one attached hydrogen (secondary N) is 1. The predicted octanol–water partition coefficient (Wildman–Crippen LogP) is 4.55. The number of halogens is 1. The van der Waals surface area contributed by atoms with Gasteiger partial charge in [0, 0.05) is 25.5 Å². The van der Waals surface area contributed by atoms with Crippen LogP contribution < -0.4 is 5.32 Å². The van der Waals surface area contributed by atoms with Gasteiger partial charge in [0.2, 0.25) is 5.95 Å². The van der Waals surface area contributed by atoms with E-state index in [1.54, 1.807) is 23.7 Å². The number of hydrogen-bond acceptors (Lipinski definition) is 6. The van der Waals surface area contributed by atoms with Crippen LogP contribution in [-0.2, 0) is 0 Å². The van der Waals surface area contributed by atoms with Crippen LogP contribution in [0.15, 0.2) is 41.1 Å². The highest BCUT2D eigenvalue weighted by Gasteiger charge is 2.54. The number of aryl methyl sites for hydroxylation is 2. The van der Waals surface area contributed by atoms with E-state index in [1.165, 1.54) is 12.0 Å². The van der Waals surface area contributed by atoms with Crippen LogP contribution in [0.3, 0.4) is 0 Å². The first-order valence-electron chi connectivity index (χ1n) is 10.1. The molecule has 6 nitrogen and oxygen atoms in total. The predicted molar refractivity (Wildman–Crippen MR) is 122 cm³/mol. The minimum absolute atomic E-state index is 0.0339. The molecule has 2 aromatic heterocycles. The van der Waals surface area contributed by atoms with Crippen LogP contribution in [-0.4, -0.2) is 44.9 Å². The van der Waals surface area contributed by atoms with Gasteiger partial charge in [0.1, 0.15) is 5.69 Å². The molecule has 8 heteroatoms. The van der Waals surface area contributed by atoms with Crippen LogP contribution in [0.2, 0.25) is 0 Å². The first kappa shape index (κ1) is 19.6. The lowest BCUT2D eigenvalue weighted by molar-refractivity contribution is 0.0711. The summed E-state index contributed by atoms with van der Waals surface area (Å²) in [6.45, 7) is 5.49. The monoisotopic (exact) mass is 483 g/mol. The number of nitrogens with zero attached hydrogens (tertiary/aromatic N) is 4. The zero-order chi connectivity index (χ0) is 20.8.